The first kappa shape index (κ1) is 17.7. The number of aromatic nitrogens is 2. The molecule has 7 heteroatoms. The molecule has 7 nitrogen and oxygen atoms in total. The summed E-state index contributed by atoms with van der Waals surface area (Å²) < 4.78 is 2.02. The van der Waals surface area contributed by atoms with Gasteiger partial charge in [0.1, 0.15) is 17.1 Å². The molecule has 0 radical (unpaired) electrons. The van der Waals surface area contributed by atoms with E-state index >= 15 is 0 Å². The summed E-state index contributed by atoms with van der Waals surface area (Å²) in [5.41, 5.74) is 5.47. The zero-order valence-corrected chi connectivity index (χ0v) is 14.8. The molecule has 1 unspecified atom stereocenters. The summed E-state index contributed by atoms with van der Waals surface area (Å²) in [5, 5.41) is 11.0. The van der Waals surface area contributed by atoms with Crippen LogP contribution in [-0.4, -0.2) is 64.1 Å². The second-order valence-electron chi connectivity index (χ2n) is 6.93. The lowest BCUT2D eigenvalue weighted by Crippen LogP contribution is -2.46. The molecule has 25 heavy (non-hydrogen) atoms. The number of carbonyl (C=O) groups excluding carboxylic acids is 1. The van der Waals surface area contributed by atoms with Crippen molar-refractivity contribution < 1.29 is 9.90 Å². The van der Waals surface area contributed by atoms with Crippen LogP contribution in [0, 0.1) is 0 Å². The third-order valence-corrected chi connectivity index (χ3v) is 4.87. The molecule has 3 N–H and O–H groups in total. The number of β-amino-alcohol motifs (C(OH)–C–C–N with tert-alkyl or cyclic N) is 1. The maximum Gasteiger partial charge on any atom is 0.222 e. The maximum atomic E-state index is 12.2. The highest BCUT2D eigenvalue weighted by molar-refractivity contribution is 5.75. The number of hydrogen-bond donors (Lipinski definition) is 2. The van der Waals surface area contributed by atoms with Crippen LogP contribution in [0.2, 0.25) is 0 Å². The van der Waals surface area contributed by atoms with E-state index in [1.54, 1.807) is 18.1 Å². The van der Waals surface area contributed by atoms with Gasteiger partial charge < -0.3 is 20.6 Å². The Morgan fingerprint density at radius 2 is 2.28 bits per heavy atom. The average Bonchev–Trinajstić information content (AvgIpc) is 3.21. The smallest absolute Gasteiger partial charge is 0.222 e. The van der Waals surface area contributed by atoms with Gasteiger partial charge in [-0.1, -0.05) is 6.07 Å². The van der Waals surface area contributed by atoms with Crippen molar-refractivity contribution in [1.29, 1.82) is 0 Å². The topological polar surface area (TPSA) is 87.1 Å². The van der Waals surface area contributed by atoms with Crippen LogP contribution in [0.25, 0.3) is 5.65 Å². The molecular formula is C18H27N5O2. The van der Waals surface area contributed by atoms with Gasteiger partial charge in [0.25, 0.3) is 0 Å². The predicted molar refractivity (Wildman–Crippen MR) is 97.5 cm³/mol. The van der Waals surface area contributed by atoms with Gasteiger partial charge in [-0.3, -0.25) is 9.20 Å². The number of carbonyl (C=O) groups is 1. The maximum absolute atomic E-state index is 12.2. The summed E-state index contributed by atoms with van der Waals surface area (Å²) in [5.74, 6) is 1.08. The number of unbranched alkanes of at least 4 members (excludes halogenated alkanes) is 1. The van der Waals surface area contributed by atoms with E-state index in [0.717, 1.165) is 30.9 Å². The van der Waals surface area contributed by atoms with E-state index in [1.807, 2.05) is 28.8 Å². The van der Waals surface area contributed by atoms with Crippen LogP contribution < -0.4 is 10.6 Å². The van der Waals surface area contributed by atoms with Crippen LogP contribution in [-0.2, 0) is 4.79 Å². The number of nitrogens with two attached hydrogens (primary N) is 1. The molecule has 3 heterocycles. The first-order valence-corrected chi connectivity index (χ1v) is 8.86. The normalized spacial score (nSPS) is 20.4. The van der Waals surface area contributed by atoms with E-state index in [1.165, 1.54) is 0 Å². The highest BCUT2D eigenvalue weighted by Gasteiger charge is 2.38. The fourth-order valence-corrected chi connectivity index (χ4v) is 3.51. The number of likely N-dealkylation sites (N-methyl/N-ethyl adjacent to an activating group) is 1. The summed E-state index contributed by atoms with van der Waals surface area (Å²) in [7, 11) is 1.77. The van der Waals surface area contributed by atoms with Crippen molar-refractivity contribution in [3.8, 4) is 0 Å². The van der Waals surface area contributed by atoms with Crippen molar-refractivity contribution in [3.63, 3.8) is 0 Å². The second-order valence-corrected chi connectivity index (χ2v) is 6.93. The summed E-state index contributed by atoms with van der Waals surface area (Å²) in [6, 6.07) is 5.96. The molecule has 3 rings (SSSR count). The highest BCUT2D eigenvalue weighted by atomic mass is 16.3. The summed E-state index contributed by atoms with van der Waals surface area (Å²) in [4.78, 5) is 20.3. The van der Waals surface area contributed by atoms with Gasteiger partial charge in [-0.2, -0.15) is 0 Å². The largest absolute Gasteiger partial charge is 0.386 e. The number of pyridine rings is 1. The Labute approximate surface area is 148 Å². The molecule has 1 atom stereocenters. The minimum atomic E-state index is -0.888. The predicted octanol–water partition coefficient (Wildman–Crippen LogP) is 0.863. The van der Waals surface area contributed by atoms with Crippen LogP contribution in [0.1, 0.15) is 25.7 Å². The average molecular weight is 345 g/mol. The summed E-state index contributed by atoms with van der Waals surface area (Å²) in [6.45, 7) is 2.22. The third-order valence-electron chi connectivity index (χ3n) is 4.87. The molecule has 2 aromatic heterocycles. The van der Waals surface area contributed by atoms with Crippen LogP contribution in [0.3, 0.4) is 0 Å². The highest BCUT2D eigenvalue weighted by Crippen LogP contribution is 2.28. The number of imidazole rings is 1. The van der Waals surface area contributed by atoms with Crippen molar-refractivity contribution in [2.75, 3.05) is 38.1 Å². The Kier molecular flexibility index (Phi) is 5.24. The Balaban J connectivity index is 1.63. The molecule has 0 aromatic carbocycles. The van der Waals surface area contributed by atoms with Crippen molar-refractivity contribution in [2.45, 2.75) is 31.3 Å². The molecule has 0 aliphatic carbocycles. The van der Waals surface area contributed by atoms with Gasteiger partial charge >= 0.3 is 0 Å². The number of fused-ring (bicyclic) bond motifs is 1. The molecular weight excluding hydrogens is 318 g/mol. The van der Waals surface area contributed by atoms with Gasteiger partial charge in [0, 0.05) is 39.0 Å². The lowest BCUT2D eigenvalue weighted by Gasteiger charge is -2.29. The number of nitrogens with zero attached hydrogens (tertiary/aromatic N) is 4. The van der Waals surface area contributed by atoms with Gasteiger partial charge in [-0.05, 0) is 37.9 Å². The zero-order valence-electron chi connectivity index (χ0n) is 14.8. The van der Waals surface area contributed by atoms with E-state index in [9.17, 15) is 9.90 Å². The van der Waals surface area contributed by atoms with Crippen molar-refractivity contribution in [3.05, 3.63) is 30.6 Å². The Morgan fingerprint density at radius 3 is 3.08 bits per heavy atom. The van der Waals surface area contributed by atoms with Gasteiger partial charge in [0.2, 0.25) is 5.91 Å². The first-order valence-electron chi connectivity index (χ1n) is 8.86. The Morgan fingerprint density at radius 1 is 1.44 bits per heavy atom. The molecule has 1 aliphatic rings. The standard InChI is InChI=1S/C18H27N5O2/c1-21(17(24)7-2-3-9-19)13-18(25)8-11-22(14-18)16-6-4-5-15-20-10-12-23(15)16/h4-6,10,12,25H,2-3,7-9,11,13-14,19H2,1H3. The molecule has 1 fully saturated rings. The molecule has 136 valence electrons. The SMILES string of the molecule is CN(CC1(O)CCN(c2cccc3nccn23)C1)C(=O)CCCCN. The molecule has 1 amide bonds. The van der Waals surface area contributed by atoms with Crippen molar-refractivity contribution in [1.82, 2.24) is 14.3 Å². The van der Waals surface area contributed by atoms with E-state index in [0.29, 0.717) is 32.5 Å². The minimum Gasteiger partial charge on any atom is -0.386 e. The molecule has 1 aliphatic heterocycles. The number of amides is 1. The monoisotopic (exact) mass is 345 g/mol. The summed E-state index contributed by atoms with van der Waals surface area (Å²) >= 11 is 0. The molecule has 2 aromatic rings. The molecule has 0 bridgehead atoms. The quantitative estimate of drug-likeness (QED) is 0.727. The van der Waals surface area contributed by atoms with Crippen LogP contribution in [0.4, 0.5) is 5.82 Å². The van der Waals surface area contributed by atoms with Crippen LogP contribution in [0.5, 0.6) is 0 Å². The van der Waals surface area contributed by atoms with Gasteiger partial charge in [-0.25, -0.2) is 4.98 Å². The fourth-order valence-electron chi connectivity index (χ4n) is 3.51. The molecule has 1 saturated heterocycles. The minimum absolute atomic E-state index is 0.0667. The number of anilines is 1. The van der Waals surface area contributed by atoms with E-state index in [-0.39, 0.29) is 5.91 Å². The van der Waals surface area contributed by atoms with Gasteiger partial charge in [0.15, 0.2) is 0 Å². The Bertz CT molecular complexity index is 731. The number of aliphatic hydroxyl groups is 1. The van der Waals surface area contributed by atoms with E-state index in [4.69, 9.17) is 5.73 Å². The van der Waals surface area contributed by atoms with Gasteiger partial charge in [-0.15, -0.1) is 0 Å². The fraction of sp³-hybridized carbons (Fsp3) is 0.556. The zero-order chi connectivity index (χ0) is 17.9. The first-order chi connectivity index (χ1) is 12.0. The van der Waals surface area contributed by atoms with Crippen molar-refractivity contribution in [2.24, 2.45) is 5.73 Å². The van der Waals surface area contributed by atoms with E-state index < -0.39 is 5.60 Å². The van der Waals surface area contributed by atoms with Crippen LogP contribution >= 0.6 is 0 Å². The van der Waals surface area contributed by atoms with Gasteiger partial charge in [0.05, 0.1) is 6.54 Å². The third kappa shape index (κ3) is 3.93. The lowest BCUT2D eigenvalue weighted by molar-refractivity contribution is -0.132. The number of hydrogen-bond acceptors (Lipinski definition) is 5. The molecule has 0 spiro atoms. The number of rotatable bonds is 7. The summed E-state index contributed by atoms with van der Waals surface area (Å²) in [6.07, 6.45) is 6.48. The van der Waals surface area contributed by atoms with E-state index in [2.05, 4.69) is 9.88 Å². The van der Waals surface area contributed by atoms with Crippen molar-refractivity contribution >= 4 is 17.4 Å². The Hall–Kier alpha value is -2.12. The second kappa shape index (κ2) is 7.41. The van der Waals surface area contributed by atoms with Crippen LogP contribution in [0.15, 0.2) is 30.6 Å². The molecule has 0 saturated carbocycles. The lowest BCUT2D eigenvalue weighted by atomic mass is 10.0.